The van der Waals surface area contributed by atoms with Gasteiger partial charge in [0.05, 0.1) is 27.0 Å². The zero-order valence-electron chi connectivity index (χ0n) is 24.7. The molecule has 6 rings (SSSR count). The Morgan fingerprint density at radius 1 is 0.756 bits per heavy atom. The van der Waals surface area contributed by atoms with Crippen LogP contribution in [0.25, 0.3) is 32.3 Å². The first-order valence-electron chi connectivity index (χ1n) is 13.8. The quantitative estimate of drug-likeness (QED) is 0.138. The molecule has 1 amide bonds. The molecule has 11 heteroatoms. The summed E-state index contributed by atoms with van der Waals surface area (Å²) in [4.78, 5) is 23.1. The van der Waals surface area contributed by atoms with Gasteiger partial charge in [0, 0.05) is 40.0 Å². The van der Waals surface area contributed by atoms with Crippen molar-refractivity contribution in [3.63, 3.8) is 0 Å². The lowest BCUT2D eigenvalue weighted by atomic mass is 10.0. The predicted octanol–water partition coefficient (Wildman–Crippen LogP) is 8.20. The van der Waals surface area contributed by atoms with Crippen molar-refractivity contribution in [2.75, 3.05) is 37.7 Å². The van der Waals surface area contributed by atoms with Gasteiger partial charge in [-0.1, -0.05) is 65.9 Å². The van der Waals surface area contributed by atoms with E-state index < -0.39 is 0 Å². The Labute approximate surface area is 268 Å². The molecule has 4 N–H and O–H groups in total. The summed E-state index contributed by atoms with van der Waals surface area (Å²) in [5, 5.41) is 9.57. The van der Waals surface area contributed by atoms with E-state index in [0.717, 1.165) is 32.3 Å². The molecule has 0 saturated carbocycles. The normalized spacial score (nSPS) is 10.7. The molecule has 45 heavy (non-hydrogen) atoms. The monoisotopic (exact) mass is 635 g/mol. The van der Waals surface area contributed by atoms with E-state index in [-0.39, 0.29) is 5.91 Å². The Morgan fingerprint density at radius 3 is 2.13 bits per heavy atom. The number of nitrogens with two attached hydrogens (primary N) is 1. The van der Waals surface area contributed by atoms with E-state index in [1.54, 1.807) is 33.5 Å². The second kappa shape index (κ2) is 13.1. The number of nitrogens with zero attached hydrogens (tertiary/aromatic N) is 2. The standard InChI is InChI=1S/C34H29N5O4S2/c1-41-27-17-25(18-28(42-2)29(27)43-3)37-34-39-31(35)30(45-34)33-38-26(19-44-33)23-10-7-11-24(16-23)36-32(40)22-14-12-21(13-15-22)20-8-5-4-6-9-20/h4-19H,35H2,1-3H3,(H,36,40)(H,37,39). The van der Waals surface area contributed by atoms with E-state index in [2.05, 4.69) is 15.6 Å². The summed E-state index contributed by atoms with van der Waals surface area (Å²) in [5.74, 6) is 1.73. The lowest BCUT2D eigenvalue weighted by molar-refractivity contribution is 0.102. The van der Waals surface area contributed by atoms with Crippen LogP contribution < -0.4 is 30.6 Å². The molecule has 4 aromatic carbocycles. The van der Waals surface area contributed by atoms with Crippen LogP contribution in [0, 0.1) is 0 Å². The fourth-order valence-electron chi connectivity index (χ4n) is 4.73. The molecule has 0 atom stereocenters. The van der Waals surface area contributed by atoms with Gasteiger partial charge in [0.15, 0.2) is 16.6 Å². The second-order valence-corrected chi connectivity index (χ2v) is 11.6. The van der Waals surface area contributed by atoms with Gasteiger partial charge >= 0.3 is 0 Å². The molecule has 6 aromatic rings. The summed E-state index contributed by atoms with van der Waals surface area (Å²) in [6.45, 7) is 0. The van der Waals surface area contributed by atoms with E-state index >= 15 is 0 Å². The van der Waals surface area contributed by atoms with Gasteiger partial charge in [0.25, 0.3) is 5.91 Å². The number of hydrogen-bond donors (Lipinski definition) is 3. The highest BCUT2D eigenvalue weighted by Crippen LogP contribution is 2.43. The maximum Gasteiger partial charge on any atom is 0.255 e. The fourth-order valence-corrected chi connectivity index (χ4v) is 6.56. The molecule has 0 radical (unpaired) electrons. The van der Waals surface area contributed by atoms with Gasteiger partial charge in [-0.2, -0.15) is 0 Å². The van der Waals surface area contributed by atoms with Crippen LogP contribution in [-0.2, 0) is 0 Å². The Morgan fingerprint density at radius 2 is 1.44 bits per heavy atom. The van der Waals surface area contributed by atoms with Gasteiger partial charge in [0.1, 0.15) is 15.7 Å². The topological polar surface area (TPSA) is 121 Å². The molecule has 0 spiro atoms. The Hall–Kier alpha value is -5.39. The molecule has 0 aliphatic heterocycles. The number of aromatic nitrogens is 2. The van der Waals surface area contributed by atoms with Crippen LogP contribution in [0.3, 0.4) is 0 Å². The number of thiazole rings is 2. The second-order valence-electron chi connectivity index (χ2n) is 9.79. The molecule has 0 aliphatic rings. The predicted molar refractivity (Wildman–Crippen MR) is 182 cm³/mol. The lowest BCUT2D eigenvalue weighted by Crippen LogP contribution is -2.11. The number of rotatable bonds is 10. The van der Waals surface area contributed by atoms with Gasteiger partial charge in [0.2, 0.25) is 5.75 Å². The number of anilines is 4. The molecule has 226 valence electrons. The molecule has 0 fully saturated rings. The number of hydrogen-bond acceptors (Lipinski definition) is 10. The summed E-state index contributed by atoms with van der Waals surface area (Å²) in [5.41, 5.74) is 12.1. The van der Waals surface area contributed by atoms with Crippen LogP contribution in [0.4, 0.5) is 22.3 Å². The third-order valence-corrected chi connectivity index (χ3v) is 8.92. The summed E-state index contributed by atoms with van der Waals surface area (Å²) in [6.07, 6.45) is 0. The summed E-state index contributed by atoms with van der Waals surface area (Å²) in [7, 11) is 4.69. The van der Waals surface area contributed by atoms with Crippen LogP contribution in [0.15, 0.2) is 96.4 Å². The van der Waals surface area contributed by atoms with E-state index in [4.69, 9.17) is 24.9 Å². The highest BCUT2D eigenvalue weighted by atomic mass is 32.1. The van der Waals surface area contributed by atoms with Crippen molar-refractivity contribution in [2.45, 2.75) is 0 Å². The lowest BCUT2D eigenvalue weighted by Gasteiger charge is -2.14. The van der Waals surface area contributed by atoms with Crippen LogP contribution in [-0.4, -0.2) is 37.2 Å². The summed E-state index contributed by atoms with van der Waals surface area (Å²) >= 11 is 2.86. The summed E-state index contributed by atoms with van der Waals surface area (Å²) in [6, 6.07) is 28.8. The largest absolute Gasteiger partial charge is 0.493 e. The molecule has 9 nitrogen and oxygen atoms in total. The minimum atomic E-state index is -0.185. The molecular weight excluding hydrogens is 607 g/mol. The van der Waals surface area contributed by atoms with Crippen LogP contribution in [0.2, 0.25) is 0 Å². The highest BCUT2D eigenvalue weighted by Gasteiger charge is 2.18. The van der Waals surface area contributed by atoms with Crippen molar-refractivity contribution in [3.8, 4) is 49.5 Å². The maximum atomic E-state index is 13.0. The van der Waals surface area contributed by atoms with E-state index in [0.29, 0.717) is 45.1 Å². The van der Waals surface area contributed by atoms with E-state index in [1.165, 1.54) is 22.7 Å². The minimum Gasteiger partial charge on any atom is -0.493 e. The number of methoxy groups -OCH3 is 3. The SMILES string of the molecule is COc1cc(Nc2nc(N)c(-c3nc(-c4cccc(NC(=O)c5ccc(-c6ccccc6)cc5)c4)cs3)s2)cc(OC)c1OC. The highest BCUT2D eigenvalue weighted by molar-refractivity contribution is 7.23. The third kappa shape index (κ3) is 6.44. The number of nitrogens with one attached hydrogen (secondary N) is 2. The Kier molecular flexibility index (Phi) is 8.63. The maximum absolute atomic E-state index is 13.0. The zero-order chi connectivity index (χ0) is 31.3. The van der Waals surface area contributed by atoms with Gasteiger partial charge < -0.3 is 30.6 Å². The van der Waals surface area contributed by atoms with Crippen molar-refractivity contribution >= 4 is 50.9 Å². The smallest absolute Gasteiger partial charge is 0.255 e. The number of nitrogen functional groups attached to an aromatic ring is 1. The Balaban J connectivity index is 1.16. The van der Waals surface area contributed by atoms with E-state index in [9.17, 15) is 4.79 Å². The zero-order valence-corrected chi connectivity index (χ0v) is 26.3. The van der Waals surface area contributed by atoms with Gasteiger partial charge in [-0.25, -0.2) is 9.97 Å². The average molecular weight is 636 g/mol. The van der Waals surface area contributed by atoms with Crippen LogP contribution >= 0.6 is 22.7 Å². The van der Waals surface area contributed by atoms with Gasteiger partial charge in [-0.05, 0) is 35.4 Å². The number of carbonyl (C=O) groups is 1. The van der Waals surface area contributed by atoms with Crippen molar-refractivity contribution in [1.29, 1.82) is 0 Å². The fraction of sp³-hybridized carbons (Fsp3) is 0.0882. The molecule has 0 saturated heterocycles. The molecule has 2 heterocycles. The number of ether oxygens (including phenoxy) is 3. The first-order valence-corrected chi connectivity index (χ1v) is 15.5. The molecule has 2 aromatic heterocycles. The van der Waals surface area contributed by atoms with Crippen molar-refractivity contribution in [2.24, 2.45) is 0 Å². The number of carbonyl (C=O) groups excluding carboxylic acids is 1. The van der Waals surface area contributed by atoms with Crippen LogP contribution in [0.1, 0.15) is 10.4 Å². The molecule has 0 unspecified atom stereocenters. The number of benzene rings is 4. The van der Waals surface area contributed by atoms with Crippen LogP contribution in [0.5, 0.6) is 17.2 Å². The average Bonchev–Trinajstić information content (AvgIpc) is 3.71. The van der Waals surface area contributed by atoms with Gasteiger partial charge in [-0.3, -0.25) is 4.79 Å². The minimum absolute atomic E-state index is 0.185. The first kappa shape index (κ1) is 29.7. The number of amides is 1. The van der Waals surface area contributed by atoms with Crippen molar-refractivity contribution in [1.82, 2.24) is 9.97 Å². The summed E-state index contributed by atoms with van der Waals surface area (Å²) < 4.78 is 16.3. The molecular formula is C34H29N5O4S2. The van der Waals surface area contributed by atoms with E-state index in [1.807, 2.05) is 84.2 Å². The van der Waals surface area contributed by atoms with Crippen molar-refractivity contribution < 1.29 is 19.0 Å². The first-order chi connectivity index (χ1) is 21.9. The Bertz CT molecular complexity index is 1930. The molecule has 0 bridgehead atoms. The van der Waals surface area contributed by atoms with Gasteiger partial charge in [-0.15, -0.1) is 11.3 Å². The van der Waals surface area contributed by atoms with Crippen molar-refractivity contribution in [3.05, 3.63) is 102 Å². The third-order valence-electron chi connectivity index (χ3n) is 6.94. The molecule has 0 aliphatic carbocycles.